The first kappa shape index (κ1) is 30.4. The molecule has 1 amide bonds. The van der Waals surface area contributed by atoms with Gasteiger partial charge in [0.2, 0.25) is 0 Å². The lowest BCUT2D eigenvalue weighted by atomic mass is 9.94. The smallest absolute Gasteiger partial charge is 0.295 e. The highest BCUT2D eigenvalue weighted by Gasteiger charge is 2.46. The summed E-state index contributed by atoms with van der Waals surface area (Å²) in [5, 5.41) is 11.6. The number of methoxy groups -OCH3 is 1. The number of nitrogens with zero attached hydrogens (tertiary/aromatic N) is 2. The lowest BCUT2D eigenvalue weighted by Crippen LogP contribution is -2.29. The van der Waals surface area contributed by atoms with Crippen LogP contribution in [0.3, 0.4) is 0 Å². The van der Waals surface area contributed by atoms with Crippen molar-refractivity contribution in [3.63, 3.8) is 0 Å². The molecule has 0 saturated carbocycles. The second-order valence-corrected chi connectivity index (χ2v) is 10.6. The molecule has 1 atom stereocenters. The third kappa shape index (κ3) is 6.59. The number of hydrogen-bond acceptors (Lipinski definition) is 7. The van der Waals surface area contributed by atoms with Gasteiger partial charge in [-0.3, -0.25) is 14.6 Å². The van der Waals surface area contributed by atoms with E-state index in [4.69, 9.17) is 14.2 Å². The highest BCUT2D eigenvalue weighted by Crippen LogP contribution is 2.43. The van der Waals surface area contributed by atoms with Gasteiger partial charge in [-0.15, -0.1) is 0 Å². The van der Waals surface area contributed by atoms with Gasteiger partial charge in [-0.05, 0) is 84.1 Å². The zero-order valence-corrected chi connectivity index (χ0v) is 25.2. The maximum absolute atomic E-state index is 13.6. The minimum absolute atomic E-state index is 0.000612. The Morgan fingerprint density at radius 1 is 0.932 bits per heavy atom. The van der Waals surface area contributed by atoms with Gasteiger partial charge in [-0.1, -0.05) is 43.7 Å². The van der Waals surface area contributed by atoms with Crippen molar-refractivity contribution >= 4 is 17.4 Å². The number of hydrogen-bond donors (Lipinski definition) is 1. The summed E-state index contributed by atoms with van der Waals surface area (Å²) in [7, 11) is 1.54. The molecule has 226 valence electrons. The van der Waals surface area contributed by atoms with Crippen molar-refractivity contribution in [2.45, 2.75) is 45.9 Å². The molecule has 1 saturated heterocycles. The van der Waals surface area contributed by atoms with E-state index in [9.17, 15) is 14.7 Å². The molecule has 0 spiro atoms. The van der Waals surface area contributed by atoms with Gasteiger partial charge in [0.1, 0.15) is 18.1 Å². The number of carbonyl (C=O) groups is 2. The molecule has 2 heterocycles. The van der Waals surface area contributed by atoms with Gasteiger partial charge in [0.25, 0.3) is 11.7 Å². The van der Waals surface area contributed by atoms with Crippen LogP contribution in [-0.4, -0.2) is 40.4 Å². The number of ether oxygens (including phenoxy) is 3. The average molecular weight is 593 g/mol. The highest BCUT2D eigenvalue weighted by atomic mass is 16.5. The number of Topliss-reactive ketones (excluding diaryl/α,β-unsaturated/α-hetero) is 1. The van der Waals surface area contributed by atoms with Crippen molar-refractivity contribution in [3.8, 4) is 17.2 Å². The van der Waals surface area contributed by atoms with Gasteiger partial charge in [0, 0.05) is 24.5 Å². The third-order valence-corrected chi connectivity index (χ3v) is 7.68. The van der Waals surface area contributed by atoms with Gasteiger partial charge in [-0.2, -0.15) is 0 Å². The first-order chi connectivity index (χ1) is 21.4. The summed E-state index contributed by atoms with van der Waals surface area (Å²) in [6.07, 6.45) is 5.15. The number of aryl methyl sites for hydroxylation is 1. The summed E-state index contributed by atoms with van der Waals surface area (Å²) >= 11 is 0. The summed E-state index contributed by atoms with van der Waals surface area (Å²) < 4.78 is 17.5. The van der Waals surface area contributed by atoms with Gasteiger partial charge in [0.15, 0.2) is 11.5 Å². The fourth-order valence-electron chi connectivity index (χ4n) is 5.17. The van der Waals surface area contributed by atoms with Crippen molar-refractivity contribution in [2.75, 3.05) is 13.7 Å². The standard InChI is InChI=1S/C36H36N2O6/c1-4-5-20-43-30-15-12-27(21-31(30)42-3)33-32(35(40)36(41)38(33)22-25-16-18-37-19-17-25)34(39)26-10-13-29(14-11-26)44-23-28-9-7-6-8-24(28)2/h6-19,21,33,39H,4-5,20,22-23H2,1-3H3/b34-32+. The Labute approximate surface area is 257 Å². The number of unbranched alkanes of at least 4 members (excludes halogenated alkanes) is 1. The summed E-state index contributed by atoms with van der Waals surface area (Å²) in [6, 6.07) is 22.9. The first-order valence-electron chi connectivity index (χ1n) is 14.7. The van der Waals surface area contributed by atoms with Gasteiger partial charge < -0.3 is 24.2 Å². The molecule has 1 N–H and O–H groups in total. The number of aromatic nitrogens is 1. The Bertz CT molecular complexity index is 1650. The minimum Gasteiger partial charge on any atom is -0.507 e. The van der Waals surface area contributed by atoms with Crippen molar-refractivity contribution < 1.29 is 28.9 Å². The van der Waals surface area contributed by atoms with Crippen molar-refractivity contribution in [1.82, 2.24) is 9.88 Å². The zero-order valence-electron chi connectivity index (χ0n) is 25.2. The van der Waals surface area contributed by atoms with E-state index >= 15 is 0 Å². The normalized spacial score (nSPS) is 15.8. The number of pyridine rings is 1. The SMILES string of the molecule is CCCCOc1ccc(C2/C(=C(\O)c3ccc(OCc4ccccc4C)cc3)C(=O)C(=O)N2Cc2ccncc2)cc1OC. The Kier molecular flexibility index (Phi) is 9.59. The van der Waals surface area contributed by atoms with E-state index < -0.39 is 17.7 Å². The molecule has 8 heteroatoms. The molecular formula is C36H36N2O6. The summed E-state index contributed by atoms with van der Waals surface area (Å²) in [5.41, 5.74) is 4.01. The van der Waals surface area contributed by atoms with Crippen LogP contribution in [-0.2, 0) is 22.7 Å². The first-order valence-corrected chi connectivity index (χ1v) is 14.7. The van der Waals surface area contributed by atoms with Crippen LogP contribution >= 0.6 is 0 Å². The van der Waals surface area contributed by atoms with E-state index in [1.54, 1.807) is 74.1 Å². The molecule has 0 radical (unpaired) electrons. The molecule has 1 aromatic heterocycles. The number of rotatable bonds is 12. The van der Waals surface area contributed by atoms with Crippen LogP contribution in [0.1, 0.15) is 53.6 Å². The highest BCUT2D eigenvalue weighted by molar-refractivity contribution is 6.46. The largest absolute Gasteiger partial charge is 0.507 e. The van der Waals surface area contributed by atoms with E-state index in [-0.39, 0.29) is 17.9 Å². The van der Waals surface area contributed by atoms with Crippen LogP contribution in [0.5, 0.6) is 17.2 Å². The lowest BCUT2D eigenvalue weighted by Gasteiger charge is -2.26. The monoisotopic (exact) mass is 592 g/mol. The van der Waals surface area contributed by atoms with E-state index in [0.29, 0.717) is 41.6 Å². The molecule has 1 aliphatic rings. The predicted octanol–water partition coefficient (Wildman–Crippen LogP) is 6.78. The van der Waals surface area contributed by atoms with E-state index in [0.717, 1.165) is 29.5 Å². The topological polar surface area (TPSA) is 98.2 Å². The fourth-order valence-corrected chi connectivity index (χ4v) is 5.17. The van der Waals surface area contributed by atoms with Crippen LogP contribution in [0.15, 0.2) is 96.8 Å². The Hall–Kier alpha value is -5.11. The molecule has 0 aliphatic carbocycles. The molecule has 8 nitrogen and oxygen atoms in total. The van der Waals surface area contributed by atoms with Gasteiger partial charge >= 0.3 is 0 Å². The predicted molar refractivity (Wildman–Crippen MR) is 167 cm³/mol. The van der Waals surface area contributed by atoms with Crippen molar-refractivity contribution in [1.29, 1.82) is 0 Å². The summed E-state index contributed by atoms with van der Waals surface area (Å²) in [6.45, 7) is 5.21. The summed E-state index contributed by atoms with van der Waals surface area (Å²) in [5.74, 6) is -0.0704. The second kappa shape index (κ2) is 13.9. The number of ketones is 1. The number of aliphatic hydroxyl groups excluding tert-OH is 1. The van der Waals surface area contributed by atoms with E-state index in [1.807, 2.05) is 31.2 Å². The number of likely N-dealkylation sites (tertiary alicyclic amines) is 1. The maximum Gasteiger partial charge on any atom is 0.295 e. The third-order valence-electron chi connectivity index (χ3n) is 7.68. The van der Waals surface area contributed by atoms with E-state index in [2.05, 4.69) is 11.9 Å². The number of benzene rings is 3. The van der Waals surface area contributed by atoms with Gasteiger partial charge in [0.05, 0.1) is 25.3 Å². The minimum atomic E-state index is -0.862. The van der Waals surface area contributed by atoms with E-state index in [1.165, 1.54) is 4.90 Å². The lowest BCUT2D eigenvalue weighted by molar-refractivity contribution is -0.140. The Morgan fingerprint density at radius 2 is 1.68 bits per heavy atom. The summed E-state index contributed by atoms with van der Waals surface area (Å²) in [4.78, 5) is 32.6. The molecule has 1 fully saturated rings. The van der Waals surface area contributed by atoms with Crippen molar-refractivity contribution in [2.24, 2.45) is 0 Å². The molecule has 3 aromatic carbocycles. The molecule has 0 bridgehead atoms. The quantitative estimate of drug-likeness (QED) is 0.0838. The fraction of sp³-hybridized carbons (Fsp3) is 0.250. The molecule has 44 heavy (non-hydrogen) atoms. The Morgan fingerprint density at radius 3 is 2.39 bits per heavy atom. The molecule has 4 aromatic rings. The molecule has 1 unspecified atom stereocenters. The number of aliphatic hydroxyl groups is 1. The Balaban J connectivity index is 1.50. The second-order valence-electron chi connectivity index (χ2n) is 10.6. The molecular weight excluding hydrogens is 556 g/mol. The van der Waals surface area contributed by atoms with Crippen LogP contribution in [0.4, 0.5) is 0 Å². The number of amides is 1. The molecule has 5 rings (SSSR count). The average Bonchev–Trinajstić information content (AvgIpc) is 3.30. The van der Waals surface area contributed by atoms with Crippen molar-refractivity contribution in [3.05, 3.63) is 125 Å². The maximum atomic E-state index is 13.6. The number of carbonyl (C=O) groups excluding carboxylic acids is 2. The van der Waals surface area contributed by atoms with Crippen LogP contribution in [0.2, 0.25) is 0 Å². The van der Waals surface area contributed by atoms with Crippen LogP contribution in [0.25, 0.3) is 5.76 Å². The van der Waals surface area contributed by atoms with Crippen LogP contribution < -0.4 is 14.2 Å². The van der Waals surface area contributed by atoms with Crippen LogP contribution in [0, 0.1) is 6.92 Å². The molecule has 1 aliphatic heterocycles. The van der Waals surface area contributed by atoms with Gasteiger partial charge in [-0.25, -0.2) is 0 Å². The zero-order chi connectivity index (χ0) is 31.1.